The quantitative estimate of drug-likeness (QED) is 0.602. The largest absolute Gasteiger partial charge is 0.252 e. The molecule has 1 nitrogen and oxygen atoms in total. The van der Waals surface area contributed by atoms with Gasteiger partial charge in [0.25, 0.3) is 0 Å². The second-order valence-electron chi connectivity index (χ2n) is 3.15. The number of aromatic nitrogens is 1. The van der Waals surface area contributed by atoms with Gasteiger partial charge < -0.3 is 0 Å². The van der Waals surface area contributed by atoms with Gasteiger partial charge in [-0.3, -0.25) is 4.98 Å². The van der Waals surface area contributed by atoms with Crippen LogP contribution >= 0.6 is 11.3 Å². The molecule has 0 amide bonds. The molecule has 0 atom stereocenters. The molecule has 12 heavy (non-hydrogen) atoms. The van der Waals surface area contributed by atoms with Crippen molar-refractivity contribution in [3.63, 3.8) is 0 Å². The van der Waals surface area contributed by atoms with Gasteiger partial charge in [-0.25, -0.2) is 0 Å². The highest BCUT2D eigenvalue weighted by molar-refractivity contribution is 7.19. The molecule has 0 fully saturated rings. The molecule has 0 saturated heterocycles. The van der Waals surface area contributed by atoms with E-state index in [2.05, 4.69) is 31.0 Å². The smallest absolute Gasteiger partial charge is 0.0818 e. The first-order chi connectivity index (χ1) is 5.66. The zero-order valence-electron chi connectivity index (χ0n) is 7.51. The summed E-state index contributed by atoms with van der Waals surface area (Å²) in [5, 5.41) is 0. The average molecular weight is 177 g/mol. The van der Waals surface area contributed by atoms with Crippen molar-refractivity contribution < 1.29 is 0 Å². The van der Waals surface area contributed by atoms with Crippen LogP contribution in [0.2, 0.25) is 0 Å². The molecule has 0 unspecified atom stereocenters. The minimum atomic E-state index is 1.11. The van der Waals surface area contributed by atoms with E-state index in [4.69, 9.17) is 0 Å². The van der Waals surface area contributed by atoms with E-state index in [1.807, 2.05) is 18.3 Å². The predicted molar refractivity (Wildman–Crippen MR) is 53.8 cm³/mol. The number of thiophene rings is 1. The van der Waals surface area contributed by atoms with E-state index < -0.39 is 0 Å². The zero-order valence-corrected chi connectivity index (χ0v) is 8.33. The van der Waals surface area contributed by atoms with Gasteiger partial charge in [0.15, 0.2) is 0 Å². The first-order valence-electron chi connectivity index (χ1n) is 4.01. The lowest BCUT2D eigenvalue weighted by Gasteiger charge is -1.96. The molecule has 0 N–H and O–H groups in total. The van der Waals surface area contributed by atoms with Crippen LogP contribution in [0.4, 0.5) is 0 Å². The van der Waals surface area contributed by atoms with Crippen molar-refractivity contribution in [1.29, 1.82) is 0 Å². The highest BCUT2D eigenvalue weighted by atomic mass is 32.1. The van der Waals surface area contributed by atoms with Crippen LogP contribution in [0.1, 0.15) is 16.1 Å². The minimum absolute atomic E-state index is 1.11. The van der Waals surface area contributed by atoms with E-state index in [9.17, 15) is 0 Å². The molecule has 0 spiro atoms. The number of nitrogens with zero attached hydrogens (tertiary/aromatic N) is 1. The molecule has 0 aliphatic heterocycles. The Hall–Kier alpha value is -0.890. The van der Waals surface area contributed by atoms with E-state index >= 15 is 0 Å². The summed E-state index contributed by atoms with van der Waals surface area (Å²) in [6.07, 6.45) is 0. The fourth-order valence-corrected chi connectivity index (χ4v) is 2.39. The maximum absolute atomic E-state index is 4.47. The second kappa shape index (κ2) is 2.56. The molecule has 2 aromatic heterocycles. The monoisotopic (exact) mass is 177 g/mol. The Kier molecular flexibility index (Phi) is 1.65. The van der Waals surface area contributed by atoms with E-state index in [1.54, 1.807) is 0 Å². The lowest BCUT2D eigenvalue weighted by Crippen LogP contribution is -1.82. The fourth-order valence-electron chi connectivity index (χ4n) is 1.47. The van der Waals surface area contributed by atoms with Crippen molar-refractivity contribution in [2.24, 2.45) is 0 Å². The van der Waals surface area contributed by atoms with Crippen molar-refractivity contribution in [2.45, 2.75) is 20.8 Å². The van der Waals surface area contributed by atoms with E-state index in [0.717, 1.165) is 11.2 Å². The number of hydrogen-bond donors (Lipinski definition) is 0. The van der Waals surface area contributed by atoms with Gasteiger partial charge in [-0.05, 0) is 38.5 Å². The van der Waals surface area contributed by atoms with Crippen molar-refractivity contribution in [3.8, 4) is 0 Å². The van der Waals surface area contributed by atoms with Crippen LogP contribution in [-0.2, 0) is 0 Å². The maximum atomic E-state index is 4.47. The maximum Gasteiger partial charge on any atom is 0.0818 e. The van der Waals surface area contributed by atoms with Crippen molar-refractivity contribution in [3.05, 3.63) is 28.3 Å². The lowest BCUT2D eigenvalue weighted by molar-refractivity contribution is 1.24. The zero-order chi connectivity index (χ0) is 8.72. The highest BCUT2D eigenvalue weighted by Gasteiger charge is 2.02. The average Bonchev–Trinajstić information content (AvgIpc) is 2.29. The minimum Gasteiger partial charge on any atom is -0.252 e. The van der Waals surface area contributed by atoms with Gasteiger partial charge in [0, 0.05) is 10.6 Å². The third-order valence-corrected chi connectivity index (χ3v) is 3.09. The van der Waals surface area contributed by atoms with Crippen LogP contribution in [-0.4, -0.2) is 4.98 Å². The Balaban J connectivity index is 2.88. The molecule has 0 aliphatic rings. The normalized spacial score (nSPS) is 10.9. The van der Waals surface area contributed by atoms with E-state index in [1.165, 1.54) is 15.1 Å². The van der Waals surface area contributed by atoms with Gasteiger partial charge >= 0.3 is 0 Å². The van der Waals surface area contributed by atoms with Crippen LogP contribution in [0.25, 0.3) is 10.2 Å². The van der Waals surface area contributed by atoms with Gasteiger partial charge in [-0.1, -0.05) is 0 Å². The number of aryl methyl sites for hydroxylation is 3. The third-order valence-electron chi connectivity index (χ3n) is 1.92. The van der Waals surface area contributed by atoms with Gasteiger partial charge in [0.05, 0.1) is 10.2 Å². The molecule has 62 valence electrons. The molecular formula is C10H11NS. The van der Waals surface area contributed by atoms with Gasteiger partial charge in [-0.2, -0.15) is 0 Å². The number of hydrogen-bond acceptors (Lipinski definition) is 2. The molecule has 0 aromatic carbocycles. The SMILES string of the molecule is Cc1cc(C)c2sc(C)cc2n1. The van der Waals surface area contributed by atoms with Crippen LogP contribution in [0.5, 0.6) is 0 Å². The van der Waals surface area contributed by atoms with Crippen LogP contribution in [0, 0.1) is 20.8 Å². The summed E-state index contributed by atoms with van der Waals surface area (Å²) in [6, 6.07) is 4.29. The van der Waals surface area contributed by atoms with Crippen molar-refractivity contribution in [2.75, 3.05) is 0 Å². The second-order valence-corrected chi connectivity index (χ2v) is 4.41. The molecule has 0 aliphatic carbocycles. The summed E-state index contributed by atoms with van der Waals surface area (Å²) in [6.45, 7) is 6.31. The Morgan fingerprint density at radius 2 is 1.92 bits per heavy atom. The predicted octanol–water partition coefficient (Wildman–Crippen LogP) is 3.22. The van der Waals surface area contributed by atoms with E-state index in [0.29, 0.717) is 0 Å². The fraction of sp³-hybridized carbons (Fsp3) is 0.300. The number of fused-ring (bicyclic) bond motifs is 1. The first kappa shape index (κ1) is 7.74. The van der Waals surface area contributed by atoms with Crippen molar-refractivity contribution in [1.82, 2.24) is 4.98 Å². The van der Waals surface area contributed by atoms with Gasteiger partial charge in [0.1, 0.15) is 0 Å². The topological polar surface area (TPSA) is 12.9 Å². The molecule has 0 bridgehead atoms. The summed E-state index contributed by atoms with van der Waals surface area (Å²) >= 11 is 1.82. The lowest BCUT2D eigenvalue weighted by atomic mass is 10.2. The molecule has 2 heteroatoms. The first-order valence-corrected chi connectivity index (χ1v) is 4.83. The van der Waals surface area contributed by atoms with Crippen LogP contribution in [0.3, 0.4) is 0 Å². The summed E-state index contributed by atoms with van der Waals surface area (Å²) in [4.78, 5) is 5.81. The summed E-state index contributed by atoms with van der Waals surface area (Å²) in [5.74, 6) is 0. The van der Waals surface area contributed by atoms with Crippen molar-refractivity contribution >= 4 is 21.6 Å². The summed E-state index contributed by atoms with van der Waals surface area (Å²) < 4.78 is 1.33. The van der Waals surface area contributed by atoms with Crippen LogP contribution < -0.4 is 0 Å². The summed E-state index contributed by atoms with van der Waals surface area (Å²) in [7, 11) is 0. The molecule has 2 rings (SSSR count). The Labute approximate surface area is 76.1 Å². The molecule has 0 radical (unpaired) electrons. The van der Waals surface area contributed by atoms with Crippen LogP contribution in [0.15, 0.2) is 12.1 Å². The molecular weight excluding hydrogens is 166 g/mol. The standard InChI is InChI=1S/C10H11NS/c1-6-4-7(2)11-9-5-8(3)12-10(6)9/h4-5H,1-3H3. The number of rotatable bonds is 0. The van der Waals surface area contributed by atoms with E-state index in [-0.39, 0.29) is 0 Å². The number of pyridine rings is 1. The summed E-state index contributed by atoms with van der Waals surface area (Å²) in [5.41, 5.74) is 3.60. The molecule has 2 heterocycles. The molecule has 0 saturated carbocycles. The third kappa shape index (κ3) is 1.12. The Morgan fingerprint density at radius 3 is 2.67 bits per heavy atom. The van der Waals surface area contributed by atoms with Gasteiger partial charge in [-0.15, -0.1) is 11.3 Å². The Bertz CT molecular complexity index is 429. The van der Waals surface area contributed by atoms with Gasteiger partial charge in [0.2, 0.25) is 0 Å². The Morgan fingerprint density at radius 1 is 1.17 bits per heavy atom. The molecule has 2 aromatic rings. The highest BCUT2D eigenvalue weighted by Crippen LogP contribution is 2.26.